The van der Waals surface area contributed by atoms with Crippen LogP contribution in [0.2, 0.25) is 0 Å². The smallest absolute Gasteiger partial charge is 0.0599 e. The second kappa shape index (κ2) is 8.46. The highest BCUT2D eigenvalue weighted by molar-refractivity contribution is 5.07. The molecular weight excluding hydrogens is 226 g/mol. The van der Waals surface area contributed by atoms with Gasteiger partial charge in [0.1, 0.15) is 0 Å². The Labute approximate surface area is 111 Å². The molecule has 1 N–H and O–H groups in total. The average Bonchev–Trinajstić information content (AvgIpc) is 2.39. The summed E-state index contributed by atoms with van der Waals surface area (Å²) in [6.45, 7) is 8.18. The van der Waals surface area contributed by atoms with Gasteiger partial charge in [0.15, 0.2) is 0 Å². The Kier molecular flexibility index (Phi) is 7.25. The molecule has 3 heteroatoms. The minimum atomic E-state index is 0.237. The monoisotopic (exact) mass is 253 g/mol. The molecule has 0 bridgehead atoms. The minimum Gasteiger partial charge on any atom is -0.395 e. The fourth-order valence-electron chi connectivity index (χ4n) is 2.61. The summed E-state index contributed by atoms with van der Waals surface area (Å²) in [5, 5.41) is 9.45. The largest absolute Gasteiger partial charge is 0.395 e. The summed E-state index contributed by atoms with van der Waals surface area (Å²) in [6.07, 6.45) is 8.51. The normalized spacial score (nSPS) is 26.3. The van der Waals surface area contributed by atoms with Gasteiger partial charge in [0.25, 0.3) is 0 Å². The summed E-state index contributed by atoms with van der Waals surface area (Å²) < 4.78 is 5.39. The first-order valence-electron chi connectivity index (χ1n) is 6.87. The van der Waals surface area contributed by atoms with Crippen molar-refractivity contribution in [1.29, 1.82) is 0 Å². The van der Waals surface area contributed by atoms with Crippen molar-refractivity contribution in [2.24, 2.45) is 0 Å². The summed E-state index contributed by atoms with van der Waals surface area (Å²) in [5.41, 5.74) is 1.37. The molecule has 18 heavy (non-hydrogen) atoms. The topological polar surface area (TPSA) is 32.7 Å². The molecule has 0 saturated carbocycles. The second-order valence-electron chi connectivity index (χ2n) is 5.11. The number of aliphatic hydroxyl groups excluding tert-OH is 1. The van der Waals surface area contributed by atoms with E-state index in [2.05, 4.69) is 24.5 Å². The zero-order valence-electron chi connectivity index (χ0n) is 11.8. The molecule has 1 aliphatic heterocycles. The van der Waals surface area contributed by atoms with Crippen LogP contribution in [0.5, 0.6) is 0 Å². The molecule has 0 aromatic carbocycles. The molecule has 1 rings (SSSR count). The molecule has 3 nitrogen and oxygen atoms in total. The number of nitrogens with zero attached hydrogens (tertiary/aromatic N) is 1. The third-order valence-electron chi connectivity index (χ3n) is 3.75. The van der Waals surface area contributed by atoms with Crippen LogP contribution in [0.3, 0.4) is 0 Å². The van der Waals surface area contributed by atoms with Crippen molar-refractivity contribution in [3.8, 4) is 0 Å². The van der Waals surface area contributed by atoms with Gasteiger partial charge >= 0.3 is 0 Å². The van der Waals surface area contributed by atoms with Crippen LogP contribution in [0.25, 0.3) is 0 Å². The molecule has 104 valence electrons. The van der Waals surface area contributed by atoms with Gasteiger partial charge in [-0.15, -0.1) is 0 Å². The van der Waals surface area contributed by atoms with E-state index in [0.717, 1.165) is 38.8 Å². The Morgan fingerprint density at radius 3 is 2.94 bits per heavy atom. The van der Waals surface area contributed by atoms with Crippen LogP contribution in [0, 0.1) is 0 Å². The van der Waals surface area contributed by atoms with E-state index in [4.69, 9.17) is 4.74 Å². The van der Waals surface area contributed by atoms with Crippen LogP contribution in [0.4, 0.5) is 0 Å². The summed E-state index contributed by atoms with van der Waals surface area (Å²) >= 11 is 0. The number of hydrogen-bond donors (Lipinski definition) is 1. The molecular formula is C15H27NO2. The quantitative estimate of drug-likeness (QED) is 0.707. The summed E-state index contributed by atoms with van der Waals surface area (Å²) in [6, 6.07) is 0.271. The van der Waals surface area contributed by atoms with Crippen LogP contribution in [-0.2, 0) is 4.74 Å². The predicted molar refractivity (Wildman–Crippen MR) is 75.7 cm³/mol. The molecule has 0 unspecified atom stereocenters. The number of allylic oxidation sites excluding steroid dienone is 3. The van der Waals surface area contributed by atoms with Crippen molar-refractivity contribution in [2.45, 2.75) is 44.8 Å². The first-order valence-corrected chi connectivity index (χ1v) is 6.87. The molecule has 0 aliphatic carbocycles. The third kappa shape index (κ3) is 4.92. The Bertz CT molecular complexity index is 276. The minimum absolute atomic E-state index is 0.237. The van der Waals surface area contributed by atoms with E-state index in [1.54, 1.807) is 7.11 Å². The lowest BCUT2D eigenvalue weighted by Gasteiger charge is -2.38. The number of rotatable bonds is 7. The molecule has 1 saturated heterocycles. The standard InChI is InChI=1S/C15H27NO2/c1-4-6-13(2)7-5-9-16-10-8-15(18-3)11-14(16)12-17/h4,6,14-15,17H,1,5,7-12H2,2-3H3/b13-6+/t14-,15+/m0/s1. The van der Waals surface area contributed by atoms with E-state index in [9.17, 15) is 5.11 Å². The number of methoxy groups -OCH3 is 1. The lowest BCUT2D eigenvalue weighted by molar-refractivity contribution is -0.00651. The van der Waals surface area contributed by atoms with E-state index < -0.39 is 0 Å². The lowest BCUT2D eigenvalue weighted by atomic mass is 9.99. The van der Waals surface area contributed by atoms with Crippen molar-refractivity contribution in [2.75, 3.05) is 26.8 Å². The lowest BCUT2D eigenvalue weighted by Crippen LogP contribution is -2.47. The van der Waals surface area contributed by atoms with E-state index >= 15 is 0 Å². The Balaban J connectivity index is 2.32. The molecule has 0 spiro atoms. The number of aliphatic hydroxyl groups is 1. The van der Waals surface area contributed by atoms with Gasteiger partial charge in [-0.3, -0.25) is 4.90 Å². The highest BCUT2D eigenvalue weighted by atomic mass is 16.5. The Morgan fingerprint density at radius 2 is 2.33 bits per heavy atom. The summed E-state index contributed by atoms with van der Waals surface area (Å²) in [7, 11) is 1.76. The summed E-state index contributed by atoms with van der Waals surface area (Å²) in [4.78, 5) is 2.40. The first-order chi connectivity index (χ1) is 8.71. The van der Waals surface area contributed by atoms with E-state index in [1.807, 2.05) is 6.08 Å². The predicted octanol–water partition coefficient (Wildman–Crippen LogP) is 2.37. The number of hydrogen-bond acceptors (Lipinski definition) is 3. The fraction of sp³-hybridized carbons (Fsp3) is 0.733. The highest BCUT2D eigenvalue weighted by Gasteiger charge is 2.27. The summed E-state index contributed by atoms with van der Waals surface area (Å²) in [5.74, 6) is 0. The van der Waals surface area contributed by atoms with Crippen molar-refractivity contribution in [1.82, 2.24) is 4.90 Å². The van der Waals surface area contributed by atoms with Crippen molar-refractivity contribution in [3.63, 3.8) is 0 Å². The average molecular weight is 253 g/mol. The molecule has 1 heterocycles. The molecule has 2 atom stereocenters. The number of piperidine rings is 1. The van der Waals surface area contributed by atoms with Gasteiger partial charge in [0, 0.05) is 19.7 Å². The molecule has 0 radical (unpaired) electrons. The van der Waals surface area contributed by atoms with Crippen LogP contribution in [0.1, 0.15) is 32.6 Å². The molecule has 0 amide bonds. The van der Waals surface area contributed by atoms with Gasteiger partial charge in [-0.25, -0.2) is 0 Å². The van der Waals surface area contributed by atoms with Gasteiger partial charge in [-0.1, -0.05) is 24.3 Å². The maximum atomic E-state index is 9.45. The van der Waals surface area contributed by atoms with E-state index in [-0.39, 0.29) is 12.6 Å². The van der Waals surface area contributed by atoms with Crippen LogP contribution in [-0.4, -0.2) is 49.0 Å². The maximum Gasteiger partial charge on any atom is 0.0599 e. The Hall–Kier alpha value is -0.640. The number of ether oxygens (including phenoxy) is 1. The molecule has 0 aromatic heterocycles. The zero-order valence-corrected chi connectivity index (χ0v) is 11.8. The van der Waals surface area contributed by atoms with Crippen molar-refractivity contribution in [3.05, 3.63) is 24.3 Å². The zero-order chi connectivity index (χ0) is 13.4. The SMILES string of the molecule is C=C/C=C(\C)CCCN1CC[C@@H](OC)C[C@H]1CO. The van der Waals surface area contributed by atoms with E-state index in [1.165, 1.54) is 5.57 Å². The maximum absolute atomic E-state index is 9.45. The van der Waals surface area contributed by atoms with Crippen LogP contribution < -0.4 is 0 Å². The van der Waals surface area contributed by atoms with Gasteiger partial charge in [0.05, 0.1) is 12.7 Å². The van der Waals surface area contributed by atoms with Gasteiger partial charge in [0.2, 0.25) is 0 Å². The van der Waals surface area contributed by atoms with Gasteiger partial charge in [-0.2, -0.15) is 0 Å². The van der Waals surface area contributed by atoms with Crippen molar-refractivity contribution >= 4 is 0 Å². The highest BCUT2D eigenvalue weighted by Crippen LogP contribution is 2.20. The molecule has 1 aliphatic rings. The van der Waals surface area contributed by atoms with Gasteiger partial charge in [-0.05, 0) is 39.2 Å². The van der Waals surface area contributed by atoms with E-state index in [0.29, 0.717) is 6.10 Å². The fourth-order valence-corrected chi connectivity index (χ4v) is 2.61. The van der Waals surface area contributed by atoms with Crippen molar-refractivity contribution < 1.29 is 9.84 Å². The van der Waals surface area contributed by atoms with Crippen LogP contribution >= 0.6 is 0 Å². The third-order valence-corrected chi connectivity index (χ3v) is 3.75. The molecule has 0 aromatic rings. The Morgan fingerprint density at radius 1 is 1.56 bits per heavy atom. The first kappa shape index (κ1) is 15.4. The van der Waals surface area contributed by atoms with Crippen LogP contribution in [0.15, 0.2) is 24.3 Å². The molecule has 1 fully saturated rings. The number of likely N-dealkylation sites (tertiary alicyclic amines) is 1. The second-order valence-corrected chi connectivity index (χ2v) is 5.11. The van der Waals surface area contributed by atoms with Gasteiger partial charge < -0.3 is 9.84 Å².